The lowest BCUT2D eigenvalue weighted by molar-refractivity contribution is 0.102. The van der Waals surface area contributed by atoms with Gasteiger partial charge in [-0.2, -0.15) is 0 Å². The number of amides is 1. The van der Waals surface area contributed by atoms with Crippen LogP contribution in [0, 0.1) is 0 Å². The highest BCUT2D eigenvalue weighted by Crippen LogP contribution is 2.28. The summed E-state index contributed by atoms with van der Waals surface area (Å²) < 4.78 is 5.86. The molecule has 0 aliphatic heterocycles. The van der Waals surface area contributed by atoms with Crippen LogP contribution in [0.4, 0.5) is 11.4 Å². The van der Waals surface area contributed by atoms with Gasteiger partial charge < -0.3 is 14.6 Å². The van der Waals surface area contributed by atoms with Crippen LogP contribution in [-0.4, -0.2) is 25.0 Å². The van der Waals surface area contributed by atoms with Gasteiger partial charge in [-0.25, -0.2) is 4.98 Å². The number of hydrogen-bond donors (Lipinski definition) is 1. The molecule has 5 nitrogen and oxygen atoms in total. The van der Waals surface area contributed by atoms with Gasteiger partial charge in [0.2, 0.25) is 5.89 Å². The molecule has 0 radical (unpaired) electrons. The molecular weight excluding hydrogens is 409 g/mol. The van der Waals surface area contributed by atoms with E-state index in [9.17, 15) is 4.79 Å². The highest BCUT2D eigenvalue weighted by Gasteiger charge is 2.13. The lowest BCUT2D eigenvalue weighted by atomic mass is 10.2. The number of benzene rings is 3. The quantitative estimate of drug-likeness (QED) is 0.427. The summed E-state index contributed by atoms with van der Waals surface area (Å²) in [6.07, 6.45) is 0. The highest BCUT2D eigenvalue weighted by molar-refractivity contribution is 6.37. The van der Waals surface area contributed by atoms with Crippen molar-refractivity contribution in [2.24, 2.45) is 0 Å². The minimum Gasteiger partial charge on any atom is -0.436 e. The molecule has 0 saturated heterocycles. The van der Waals surface area contributed by atoms with E-state index in [4.69, 9.17) is 27.6 Å². The molecule has 1 aromatic heterocycles. The molecule has 0 atom stereocenters. The lowest BCUT2D eigenvalue weighted by Gasteiger charge is -2.11. The van der Waals surface area contributed by atoms with Gasteiger partial charge in [-0.15, -0.1) is 0 Å². The smallest absolute Gasteiger partial charge is 0.257 e. The SMILES string of the molecule is CN(C)c1ccc(-c2nc3cc(NC(=O)c4ccc(Cl)cc4Cl)ccc3o2)cc1. The Hall–Kier alpha value is -3.02. The molecule has 1 amide bonds. The summed E-state index contributed by atoms with van der Waals surface area (Å²) >= 11 is 12.0. The van der Waals surface area contributed by atoms with Crippen LogP contribution in [-0.2, 0) is 0 Å². The maximum atomic E-state index is 12.5. The molecule has 4 aromatic rings. The Morgan fingerprint density at radius 1 is 1.00 bits per heavy atom. The van der Waals surface area contributed by atoms with E-state index in [1.54, 1.807) is 30.3 Å². The highest BCUT2D eigenvalue weighted by atomic mass is 35.5. The summed E-state index contributed by atoms with van der Waals surface area (Å²) in [6, 6.07) is 18.0. The molecule has 0 bridgehead atoms. The van der Waals surface area contributed by atoms with Crippen LogP contribution in [0.15, 0.2) is 65.1 Å². The number of hydrogen-bond acceptors (Lipinski definition) is 4. The topological polar surface area (TPSA) is 58.4 Å². The van der Waals surface area contributed by atoms with Crippen molar-refractivity contribution in [2.75, 3.05) is 24.3 Å². The predicted octanol–water partition coefficient (Wildman–Crippen LogP) is 6.12. The van der Waals surface area contributed by atoms with E-state index >= 15 is 0 Å². The van der Waals surface area contributed by atoms with E-state index in [1.165, 1.54) is 6.07 Å². The number of halogens is 2. The van der Waals surface area contributed by atoms with Gasteiger partial charge in [-0.1, -0.05) is 23.2 Å². The fraction of sp³-hybridized carbons (Fsp3) is 0.0909. The van der Waals surface area contributed by atoms with E-state index in [1.807, 2.05) is 43.3 Å². The number of carbonyl (C=O) groups excluding carboxylic acids is 1. The van der Waals surface area contributed by atoms with Gasteiger partial charge in [0.25, 0.3) is 5.91 Å². The lowest BCUT2D eigenvalue weighted by Crippen LogP contribution is -2.12. The van der Waals surface area contributed by atoms with Crippen molar-refractivity contribution in [3.63, 3.8) is 0 Å². The standard InChI is InChI=1S/C22H17Cl2N3O2/c1-27(2)16-7-3-13(4-8-16)22-26-19-12-15(6-10-20(19)29-22)25-21(28)17-9-5-14(23)11-18(17)24/h3-12H,1-2H3,(H,25,28). The van der Waals surface area contributed by atoms with Gasteiger partial charge in [-0.3, -0.25) is 4.79 Å². The van der Waals surface area contributed by atoms with Crippen LogP contribution in [0.1, 0.15) is 10.4 Å². The molecule has 0 aliphatic rings. The van der Waals surface area contributed by atoms with E-state index in [2.05, 4.69) is 10.3 Å². The van der Waals surface area contributed by atoms with Crippen molar-refractivity contribution < 1.29 is 9.21 Å². The summed E-state index contributed by atoms with van der Waals surface area (Å²) in [6.45, 7) is 0. The maximum Gasteiger partial charge on any atom is 0.257 e. The van der Waals surface area contributed by atoms with Crippen molar-refractivity contribution in [3.8, 4) is 11.5 Å². The number of oxazole rings is 1. The first-order valence-corrected chi connectivity index (χ1v) is 9.61. The van der Waals surface area contributed by atoms with Gasteiger partial charge in [-0.05, 0) is 60.7 Å². The van der Waals surface area contributed by atoms with E-state index in [0.717, 1.165) is 11.3 Å². The molecule has 1 N–H and O–H groups in total. The molecular formula is C22H17Cl2N3O2. The molecule has 4 rings (SSSR count). The zero-order valence-corrected chi connectivity index (χ0v) is 17.3. The zero-order valence-electron chi connectivity index (χ0n) is 15.7. The van der Waals surface area contributed by atoms with Gasteiger partial charge in [0.15, 0.2) is 5.58 Å². The van der Waals surface area contributed by atoms with Crippen LogP contribution in [0.25, 0.3) is 22.6 Å². The Morgan fingerprint density at radius 2 is 1.76 bits per heavy atom. The molecule has 1 heterocycles. The Morgan fingerprint density at radius 3 is 2.45 bits per heavy atom. The molecule has 3 aromatic carbocycles. The Kier molecular flexibility index (Phi) is 5.18. The van der Waals surface area contributed by atoms with Gasteiger partial charge >= 0.3 is 0 Å². The first kappa shape index (κ1) is 19.3. The summed E-state index contributed by atoms with van der Waals surface area (Å²) in [5, 5.41) is 3.59. The number of carbonyl (C=O) groups is 1. The van der Waals surface area contributed by atoms with E-state index in [0.29, 0.717) is 38.3 Å². The van der Waals surface area contributed by atoms with Crippen molar-refractivity contribution in [3.05, 3.63) is 76.3 Å². The third-order valence-corrected chi connectivity index (χ3v) is 5.00. The second kappa shape index (κ2) is 7.78. The second-order valence-electron chi connectivity index (χ2n) is 6.72. The summed E-state index contributed by atoms with van der Waals surface area (Å²) in [5.41, 5.74) is 4.20. The molecule has 146 valence electrons. The van der Waals surface area contributed by atoms with E-state index in [-0.39, 0.29) is 5.91 Å². The van der Waals surface area contributed by atoms with Crippen molar-refractivity contribution in [1.29, 1.82) is 0 Å². The van der Waals surface area contributed by atoms with Crippen LogP contribution in [0.2, 0.25) is 10.0 Å². The van der Waals surface area contributed by atoms with Crippen LogP contribution < -0.4 is 10.2 Å². The van der Waals surface area contributed by atoms with Crippen molar-refractivity contribution in [1.82, 2.24) is 4.98 Å². The second-order valence-corrected chi connectivity index (χ2v) is 7.56. The fourth-order valence-corrected chi connectivity index (χ4v) is 3.40. The number of aromatic nitrogens is 1. The predicted molar refractivity (Wildman–Crippen MR) is 118 cm³/mol. The zero-order chi connectivity index (χ0) is 20.5. The molecule has 7 heteroatoms. The number of anilines is 2. The first-order valence-electron chi connectivity index (χ1n) is 8.85. The van der Waals surface area contributed by atoms with Crippen molar-refractivity contribution >= 4 is 51.6 Å². The van der Waals surface area contributed by atoms with Crippen LogP contribution in [0.3, 0.4) is 0 Å². The monoisotopic (exact) mass is 425 g/mol. The minimum atomic E-state index is -0.325. The summed E-state index contributed by atoms with van der Waals surface area (Å²) in [4.78, 5) is 19.1. The first-order chi connectivity index (χ1) is 13.9. The molecule has 0 aliphatic carbocycles. The summed E-state index contributed by atoms with van der Waals surface area (Å²) in [5.74, 6) is 0.198. The maximum absolute atomic E-state index is 12.5. The number of nitrogens with one attached hydrogen (secondary N) is 1. The van der Waals surface area contributed by atoms with E-state index < -0.39 is 0 Å². The van der Waals surface area contributed by atoms with Gasteiger partial charge in [0, 0.05) is 36.1 Å². The fourth-order valence-electron chi connectivity index (χ4n) is 2.90. The molecule has 29 heavy (non-hydrogen) atoms. The summed E-state index contributed by atoms with van der Waals surface area (Å²) in [7, 11) is 3.98. The van der Waals surface area contributed by atoms with Crippen LogP contribution >= 0.6 is 23.2 Å². The van der Waals surface area contributed by atoms with Gasteiger partial charge in [0.1, 0.15) is 5.52 Å². The largest absolute Gasteiger partial charge is 0.436 e. The average Bonchev–Trinajstić information content (AvgIpc) is 3.11. The van der Waals surface area contributed by atoms with Crippen molar-refractivity contribution in [2.45, 2.75) is 0 Å². The molecule has 0 spiro atoms. The average molecular weight is 426 g/mol. The third kappa shape index (κ3) is 4.06. The molecule has 0 unspecified atom stereocenters. The number of fused-ring (bicyclic) bond motifs is 1. The Bertz CT molecular complexity index is 1200. The third-order valence-electron chi connectivity index (χ3n) is 4.45. The Labute approximate surface area is 177 Å². The molecule has 0 fully saturated rings. The number of nitrogens with zero attached hydrogens (tertiary/aromatic N) is 2. The Balaban J connectivity index is 1.59. The van der Waals surface area contributed by atoms with Gasteiger partial charge in [0.05, 0.1) is 10.6 Å². The van der Waals surface area contributed by atoms with Crippen LogP contribution in [0.5, 0.6) is 0 Å². The number of rotatable bonds is 4. The normalized spacial score (nSPS) is 10.9. The molecule has 0 saturated carbocycles. The minimum absolute atomic E-state index is 0.293.